The molecule has 14 rings (SSSR count). The Bertz CT molecular complexity index is 5900. The molecule has 0 saturated heterocycles. The van der Waals surface area contributed by atoms with Gasteiger partial charge in [-0.05, 0) is 208 Å². The summed E-state index contributed by atoms with van der Waals surface area (Å²) >= 11 is 0. The number of alkyl halides is 9. The van der Waals surface area contributed by atoms with E-state index in [1.165, 1.54) is 114 Å². The van der Waals surface area contributed by atoms with Crippen LogP contribution in [0, 0.1) is 37.1 Å². The van der Waals surface area contributed by atoms with E-state index in [-0.39, 0.29) is 61.2 Å². The van der Waals surface area contributed by atoms with Gasteiger partial charge in [-0.15, -0.1) is 0 Å². The SMILES string of the molecule is Cc1ccc(-c2cccc(C(=O)O)c2)cc1.Cc1cccc(-c2cccc(C(=O)O)c2)c1.O=C(O)c1cc(-c2ccccc2)cc(C(F)(F)F)c1.O=C(O)c1cc(-c2ccccc2)cc(C(F)(F)F)c1.O=C(O)c1cccc(-c2ccc(F)cc2F)c1.O=C(O)c1cccc(-c2ccc(F)cc2F)c1.O=C(O)c1cccc(-c2ccccc2C(F)(F)F)c1. The number of hydrogen-bond donors (Lipinski definition) is 7. The molecule has 27 heteroatoms. The predicted molar refractivity (Wildman–Crippen MR) is 436 cm³/mol. The van der Waals surface area contributed by atoms with Crippen molar-refractivity contribution in [2.24, 2.45) is 0 Å². The average molecular weight is 1690 g/mol. The molecule has 0 amide bonds. The highest BCUT2D eigenvalue weighted by Gasteiger charge is 2.35. The monoisotopic (exact) mass is 1690 g/mol. The first-order chi connectivity index (χ1) is 58.1. The Hall–Kier alpha value is -15.5. The maximum absolute atomic E-state index is 13.5. The molecule has 0 unspecified atom stereocenters. The van der Waals surface area contributed by atoms with Gasteiger partial charge in [-0.3, -0.25) is 0 Å². The van der Waals surface area contributed by atoms with Crippen molar-refractivity contribution >= 4 is 41.8 Å². The number of carboxylic acid groups (broad SMARTS) is 7. The van der Waals surface area contributed by atoms with Crippen molar-refractivity contribution < 1.29 is 126 Å². The highest BCUT2D eigenvalue weighted by atomic mass is 19.4. The Morgan fingerprint density at radius 1 is 0.211 bits per heavy atom. The summed E-state index contributed by atoms with van der Waals surface area (Å²) in [5, 5.41) is 62.1. The van der Waals surface area contributed by atoms with Gasteiger partial charge >= 0.3 is 60.3 Å². The summed E-state index contributed by atoms with van der Waals surface area (Å²) in [4.78, 5) is 75.9. The molecule has 0 saturated carbocycles. The molecular formula is C96H67F13O14. The third-order valence-corrected chi connectivity index (χ3v) is 17.5. The fourth-order valence-electron chi connectivity index (χ4n) is 11.5. The van der Waals surface area contributed by atoms with Crippen molar-refractivity contribution in [3.05, 3.63) is 418 Å². The van der Waals surface area contributed by atoms with Crippen LogP contribution in [-0.2, 0) is 18.5 Å². The lowest BCUT2D eigenvalue weighted by atomic mass is 9.98. The van der Waals surface area contributed by atoms with E-state index in [4.69, 9.17) is 35.7 Å². The average Bonchev–Trinajstić information content (AvgIpc) is 0.802. The van der Waals surface area contributed by atoms with Crippen LogP contribution in [0.25, 0.3) is 77.9 Å². The number of rotatable bonds is 14. The molecule has 0 spiro atoms. The van der Waals surface area contributed by atoms with E-state index in [9.17, 15) is 90.6 Å². The summed E-state index contributed by atoms with van der Waals surface area (Å²) in [6, 6.07) is 80.8. The number of aromatic carboxylic acids is 7. The molecule has 626 valence electrons. The quantitative estimate of drug-likeness (QED) is 0.0500. The highest BCUT2D eigenvalue weighted by Crippen LogP contribution is 2.39. The van der Waals surface area contributed by atoms with Gasteiger partial charge < -0.3 is 35.7 Å². The van der Waals surface area contributed by atoms with Gasteiger partial charge in [0.1, 0.15) is 23.3 Å². The van der Waals surface area contributed by atoms with E-state index in [1.807, 2.05) is 74.5 Å². The normalized spacial score (nSPS) is 10.7. The number of halogens is 13. The van der Waals surface area contributed by atoms with E-state index < -0.39 is 100 Å². The molecule has 0 bridgehead atoms. The minimum atomic E-state index is -4.57. The molecule has 14 aromatic rings. The van der Waals surface area contributed by atoms with Crippen LogP contribution in [0.4, 0.5) is 57.1 Å². The molecule has 0 radical (unpaired) electrons. The highest BCUT2D eigenvalue weighted by molar-refractivity contribution is 5.94. The van der Waals surface area contributed by atoms with E-state index in [0.717, 1.165) is 64.7 Å². The number of carbonyl (C=O) groups is 7. The van der Waals surface area contributed by atoms with Crippen LogP contribution in [-0.4, -0.2) is 77.5 Å². The molecule has 0 aliphatic heterocycles. The third-order valence-electron chi connectivity index (χ3n) is 17.5. The van der Waals surface area contributed by atoms with Gasteiger partial charge in [0.15, 0.2) is 0 Å². The largest absolute Gasteiger partial charge is 0.478 e. The van der Waals surface area contributed by atoms with E-state index in [0.29, 0.717) is 45.5 Å². The Kier molecular flexibility index (Phi) is 31.9. The number of hydrogen-bond acceptors (Lipinski definition) is 7. The lowest BCUT2D eigenvalue weighted by Crippen LogP contribution is -2.08. The predicted octanol–water partition coefficient (Wildman–Crippen LogP) is 25.6. The summed E-state index contributed by atoms with van der Waals surface area (Å²) < 4.78 is 167. The molecule has 123 heavy (non-hydrogen) atoms. The Labute approximate surface area is 692 Å². The van der Waals surface area contributed by atoms with Gasteiger partial charge in [0.05, 0.1) is 55.6 Å². The number of aryl methyl sites for hydroxylation is 2. The zero-order valence-electron chi connectivity index (χ0n) is 64.1. The molecule has 0 aliphatic rings. The molecule has 0 aromatic heterocycles. The standard InChI is InChI=1S/3C14H9F3O2.2C14H12O2.2C13H8F2O2/c15-14(16,17)12-7-2-1-6-11(12)9-4-3-5-10(8-9)13(18)19;2*15-14(16,17)12-7-10(6-11(8-12)13(18)19)9-4-2-1-3-5-9;1-10-4-2-5-11(8-10)12-6-3-7-13(9-12)14(15)16;1-10-5-7-11(8-6-10)12-3-2-4-13(9-12)14(15)16;2*14-10-4-5-11(12(15)7-10)8-2-1-3-9(6-8)13(16)17/h3*1-8H,(H,18,19);2*2-9H,1H3,(H,15,16);2*1-7H,(H,16,17). The summed E-state index contributed by atoms with van der Waals surface area (Å²) in [5.41, 5.74) is 6.44. The fraction of sp³-hybridized carbons (Fsp3) is 0.0521. The van der Waals surface area contributed by atoms with Crippen LogP contribution in [0.2, 0.25) is 0 Å². The van der Waals surface area contributed by atoms with Crippen LogP contribution in [0.5, 0.6) is 0 Å². The zero-order chi connectivity index (χ0) is 90.0. The van der Waals surface area contributed by atoms with Crippen molar-refractivity contribution in [3.63, 3.8) is 0 Å². The smallest absolute Gasteiger partial charge is 0.417 e. The maximum atomic E-state index is 13.5. The molecule has 0 heterocycles. The van der Waals surface area contributed by atoms with Crippen molar-refractivity contribution in [1.29, 1.82) is 0 Å². The van der Waals surface area contributed by atoms with Crippen LogP contribution in [0.15, 0.2) is 328 Å². The Morgan fingerprint density at radius 3 is 0.813 bits per heavy atom. The summed E-state index contributed by atoms with van der Waals surface area (Å²) in [6.07, 6.45) is -13.6. The molecule has 7 N–H and O–H groups in total. The lowest BCUT2D eigenvalue weighted by Gasteiger charge is -2.13. The van der Waals surface area contributed by atoms with Gasteiger partial charge in [0.2, 0.25) is 0 Å². The van der Waals surface area contributed by atoms with Crippen LogP contribution < -0.4 is 0 Å². The second kappa shape index (κ2) is 42.2. The van der Waals surface area contributed by atoms with Crippen molar-refractivity contribution in [3.8, 4) is 77.9 Å². The first-order valence-corrected chi connectivity index (χ1v) is 36.0. The van der Waals surface area contributed by atoms with Crippen molar-refractivity contribution in [1.82, 2.24) is 0 Å². The topological polar surface area (TPSA) is 261 Å². The molecule has 0 atom stereocenters. The fourth-order valence-corrected chi connectivity index (χ4v) is 11.5. The molecule has 0 fully saturated rings. The molecule has 0 aliphatic carbocycles. The van der Waals surface area contributed by atoms with E-state index >= 15 is 0 Å². The molecule has 14 aromatic carbocycles. The van der Waals surface area contributed by atoms with Gasteiger partial charge in [-0.25, -0.2) is 51.1 Å². The van der Waals surface area contributed by atoms with Crippen LogP contribution in [0.3, 0.4) is 0 Å². The first-order valence-electron chi connectivity index (χ1n) is 36.0. The van der Waals surface area contributed by atoms with Gasteiger partial charge in [0.25, 0.3) is 0 Å². The van der Waals surface area contributed by atoms with Crippen LogP contribution in [0.1, 0.15) is 100 Å². The van der Waals surface area contributed by atoms with Crippen molar-refractivity contribution in [2.75, 3.05) is 0 Å². The zero-order valence-corrected chi connectivity index (χ0v) is 64.1. The maximum Gasteiger partial charge on any atom is 0.417 e. The summed E-state index contributed by atoms with van der Waals surface area (Å²) in [7, 11) is 0. The molecular weight excluding hydrogens is 1620 g/mol. The third kappa shape index (κ3) is 27.5. The second-order valence-electron chi connectivity index (χ2n) is 26.4. The van der Waals surface area contributed by atoms with Crippen molar-refractivity contribution in [2.45, 2.75) is 32.4 Å². The van der Waals surface area contributed by atoms with Gasteiger partial charge in [0, 0.05) is 23.3 Å². The minimum absolute atomic E-state index is 0.0295. The summed E-state index contributed by atoms with van der Waals surface area (Å²) in [5.74, 6) is -10.7. The summed E-state index contributed by atoms with van der Waals surface area (Å²) in [6.45, 7) is 4.04. The minimum Gasteiger partial charge on any atom is -0.478 e. The first kappa shape index (κ1) is 93.0. The Balaban J connectivity index is 0.000000178. The second-order valence-corrected chi connectivity index (χ2v) is 26.4. The van der Waals surface area contributed by atoms with E-state index in [2.05, 4.69) is 0 Å². The Morgan fingerprint density at radius 2 is 0.488 bits per heavy atom. The van der Waals surface area contributed by atoms with E-state index in [1.54, 1.807) is 109 Å². The molecule has 14 nitrogen and oxygen atoms in total. The van der Waals surface area contributed by atoms with Gasteiger partial charge in [-0.2, -0.15) is 39.5 Å². The van der Waals surface area contributed by atoms with Gasteiger partial charge in [-0.1, -0.05) is 199 Å². The number of benzene rings is 14. The number of carboxylic acids is 7. The van der Waals surface area contributed by atoms with Crippen LogP contribution >= 0.6 is 0 Å². The lowest BCUT2D eigenvalue weighted by molar-refractivity contribution is -0.138.